The van der Waals surface area contributed by atoms with Crippen molar-refractivity contribution in [3.05, 3.63) is 42.2 Å². The first-order chi connectivity index (χ1) is 39.9. The molecule has 81 heavy (non-hydrogen) atoms. The van der Waals surface area contributed by atoms with Crippen LogP contribution in [0.25, 0.3) is 42.9 Å². The lowest BCUT2D eigenvalue weighted by Crippen LogP contribution is -2.14. The zero-order valence-corrected chi connectivity index (χ0v) is 58.6. The Morgan fingerprint density at radius 1 is 0.346 bits per heavy atom. The highest BCUT2D eigenvalue weighted by Gasteiger charge is 2.28. The lowest BCUT2D eigenvalue weighted by molar-refractivity contribution is 0.427. The Morgan fingerprint density at radius 2 is 0.617 bits per heavy atom. The van der Waals surface area contributed by atoms with Gasteiger partial charge < -0.3 is 0 Å². The predicted octanol–water partition coefficient (Wildman–Crippen LogP) is 27.3. The Hall–Kier alpha value is -1.26. The maximum atomic E-state index is 5.94. The van der Waals surface area contributed by atoms with E-state index in [-0.39, 0.29) is 0 Å². The zero-order valence-electron chi connectivity index (χ0n) is 53.0. The van der Waals surface area contributed by atoms with Gasteiger partial charge in [0.1, 0.15) is 22.1 Å². The second-order valence-corrected chi connectivity index (χ2v) is 30.4. The zero-order chi connectivity index (χ0) is 57.5. The van der Waals surface area contributed by atoms with Crippen molar-refractivity contribution in [1.82, 2.24) is 18.7 Å². The molecule has 0 saturated carbocycles. The molecule has 4 heterocycles. The molecule has 0 bridgehead atoms. The van der Waals surface area contributed by atoms with E-state index in [1.807, 2.05) is 22.7 Å². The van der Waals surface area contributed by atoms with Gasteiger partial charge in [0, 0.05) is 20.9 Å². The van der Waals surface area contributed by atoms with Crippen LogP contribution in [-0.2, 0) is 25.7 Å². The molecule has 1 aromatic carbocycles. The first-order valence-corrected chi connectivity index (χ1v) is 38.9. The van der Waals surface area contributed by atoms with E-state index in [4.69, 9.17) is 18.7 Å². The van der Waals surface area contributed by atoms with Crippen LogP contribution in [0, 0.1) is 11.8 Å². The van der Waals surface area contributed by atoms with Crippen molar-refractivity contribution in [3.63, 3.8) is 0 Å². The molecule has 0 spiro atoms. The van der Waals surface area contributed by atoms with E-state index in [2.05, 4.69) is 85.5 Å². The average molecular weight is 1300 g/mol. The van der Waals surface area contributed by atoms with Crippen LogP contribution in [0.15, 0.2) is 19.7 Å². The number of halogens is 2. The van der Waals surface area contributed by atoms with E-state index in [0.29, 0.717) is 11.8 Å². The monoisotopic (exact) mass is 1290 g/mol. The standard InChI is InChI=1S/C72H118Br2N4S3/c1-7-13-17-19-21-23-25-27-29-31-33-35-37-39-41-43-45-47-51-59-55-63(79-71(59)73)65-67-68(76-62(54-58(12-6)50-16-10-4)61(75-67)53-57(11-5)49-15-9-3)66(70-69(65)77-81-78-70)64-56-60(72(74)80-64)52-48-46-44-42-40-38-36-34-32-30-28-26-24-22-20-18-14-8-2/h55-58H,7-54H2,1-6H3. The predicted molar refractivity (Wildman–Crippen MR) is 372 cm³/mol. The summed E-state index contributed by atoms with van der Waals surface area (Å²) in [6, 6.07) is 4.94. The lowest BCUT2D eigenvalue weighted by atomic mass is 9.89. The van der Waals surface area contributed by atoms with Gasteiger partial charge in [-0.05, 0) is 105 Å². The van der Waals surface area contributed by atoms with Gasteiger partial charge in [0.2, 0.25) is 0 Å². The first-order valence-electron chi connectivity index (χ1n) is 34.9. The summed E-state index contributed by atoms with van der Waals surface area (Å²) in [7, 11) is 0. The third-order valence-corrected chi connectivity index (χ3v) is 22.6. The Bertz CT molecular complexity index is 2210. The molecule has 0 fully saturated rings. The van der Waals surface area contributed by atoms with Crippen LogP contribution in [0.3, 0.4) is 0 Å². The Balaban J connectivity index is 1.26. The van der Waals surface area contributed by atoms with E-state index in [1.54, 1.807) is 0 Å². The van der Waals surface area contributed by atoms with Crippen molar-refractivity contribution in [2.24, 2.45) is 11.8 Å². The van der Waals surface area contributed by atoms with Gasteiger partial charge in [0.05, 0.1) is 30.7 Å². The number of aryl methyl sites for hydroxylation is 2. The summed E-state index contributed by atoms with van der Waals surface area (Å²) in [6.07, 6.45) is 64.6. The molecule has 9 heteroatoms. The Labute approximate surface area is 527 Å². The second-order valence-electron chi connectivity index (χ2n) is 25.1. The van der Waals surface area contributed by atoms with Crippen molar-refractivity contribution in [2.75, 3.05) is 0 Å². The van der Waals surface area contributed by atoms with Crippen molar-refractivity contribution < 1.29 is 0 Å². The summed E-state index contributed by atoms with van der Waals surface area (Å²) in [5, 5.41) is 0. The molecule has 2 atom stereocenters. The highest BCUT2D eigenvalue weighted by molar-refractivity contribution is 9.11. The molecule has 0 aliphatic carbocycles. The largest absolute Gasteiger partial charge is 0.248 e. The van der Waals surface area contributed by atoms with Crippen LogP contribution < -0.4 is 0 Å². The van der Waals surface area contributed by atoms with E-state index in [0.717, 1.165) is 58.9 Å². The molecule has 0 amide bonds. The molecular formula is C72H118Br2N4S3. The number of thiophene rings is 2. The summed E-state index contributed by atoms with van der Waals surface area (Å²) >= 11 is 13.3. The third kappa shape index (κ3) is 26.3. The van der Waals surface area contributed by atoms with Crippen molar-refractivity contribution in [3.8, 4) is 20.9 Å². The van der Waals surface area contributed by atoms with Gasteiger partial charge >= 0.3 is 0 Å². The highest BCUT2D eigenvalue weighted by atomic mass is 79.9. The summed E-state index contributed by atoms with van der Waals surface area (Å²) in [6.45, 7) is 14.1. The van der Waals surface area contributed by atoms with Gasteiger partial charge in [-0.15, -0.1) is 22.7 Å². The van der Waals surface area contributed by atoms with E-state index in [1.165, 1.54) is 334 Å². The number of benzene rings is 1. The third-order valence-electron chi connectivity index (χ3n) is 18.1. The minimum atomic E-state index is 0.602. The smallest absolute Gasteiger partial charge is 0.116 e. The number of hydrogen-bond donors (Lipinski definition) is 0. The molecule has 0 saturated heterocycles. The minimum absolute atomic E-state index is 0.602. The molecule has 0 N–H and O–H groups in total. The Kier molecular flexibility index (Phi) is 38.5. The first kappa shape index (κ1) is 70.5. The molecule has 2 unspecified atom stereocenters. The van der Waals surface area contributed by atoms with Gasteiger partial charge in [0.15, 0.2) is 0 Å². The number of fused-ring (bicyclic) bond motifs is 2. The number of nitrogens with zero attached hydrogens (tertiary/aromatic N) is 4. The minimum Gasteiger partial charge on any atom is -0.248 e. The topological polar surface area (TPSA) is 51.6 Å². The van der Waals surface area contributed by atoms with Crippen LogP contribution in [-0.4, -0.2) is 18.7 Å². The fourth-order valence-electron chi connectivity index (χ4n) is 12.7. The number of aromatic nitrogens is 4. The quantitative estimate of drug-likeness (QED) is 0.0364. The maximum Gasteiger partial charge on any atom is 0.116 e. The van der Waals surface area contributed by atoms with E-state index >= 15 is 0 Å². The van der Waals surface area contributed by atoms with Gasteiger partial charge in [-0.3, -0.25) is 0 Å². The fourth-order valence-corrected chi connectivity index (χ4v) is 16.9. The molecular weight excluding hydrogens is 1180 g/mol. The summed E-state index contributed by atoms with van der Waals surface area (Å²) in [4.78, 5) is 14.4. The molecule has 0 aliphatic rings. The van der Waals surface area contributed by atoms with Crippen LogP contribution in [0.5, 0.6) is 0 Å². The highest BCUT2D eigenvalue weighted by Crippen LogP contribution is 2.48. The molecule has 458 valence electrons. The van der Waals surface area contributed by atoms with Crippen molar-refractivity contribution in [1.29, 1.82) is 0 Å². The maximum absolute atomic E-state index is 5.94. The Morgan fingerprint density at radius 3 is 0.889 bits per heavy atom. The van der Waals surface area contributed by atoms with Crippen LogP contribution in [0.4, 0.5) is 0 Å². The fraction of sp³-hybridized carbons (Fsp3) is 0.778. The summed E-state index contributed by atoms with van der Waals surface area (Å²) in [5.74, 6) is 1.20. The molecule has 0 radical (unpaired) electrons. The average Bonchev–Trinajstić information content (AvgIpc) is 3.24. The number of hydrogen-bond acceptors (Lipinski definition) is 7. The number of unbranched alkanes of at least 4 members (excludes halogenated alkanes) is 36. The lowest BCUT2D eigenvalue weighted by Gasteiger charge is -2.21. The van der Waals surface area contributed by atoms with E-state index in [9.17, 15) is 0 Å². The SMILES string of the molecule is CCCCCCCCCCCCCCCCCCCCc1cc(-c2c3nsnc3c(-c3cc(CCCCCCCCCCCCCCCCCCCC)c(Br)s3)c3nc(CC(CC)CCCC)c(CC(CC)CCCC)nc23)sc1Br. The van der Waals surface area contributed by atoms with Crippen molar-refractivity contribution >= 4 is 88.3 Å². The van der Waals surface area contributed by atoms with E-state index < -0.39 is 0 Å². The molecule has 4 nitrogen and oxygen atoms in total. The molecule has 5 aromatic rings. The number of rotatable bonds is 52. The van der Waals surface area contributed by atoms with Gasteiger partial charge in [-0.1, -0.05) is 311 Å². The summed E-state index contributed by atoms with van der Waals surface area (Å²) in [5.41, 5.74) is 11.6. The molecule has 4 aromatic heterocycles. The molecule has 5 rings (SSSR count). The van der Waals surface area contributed by atoms with Crippen molar-refractivity contribution in [2.45, 2.75) is 350 Å². The van der Waals surface area contributed by atoms with Gasteiger partial charge in [-0.2, -0.15) is 8.75 Å². The second kappa shape index (κ2) is 44.2. The van der Waals surface area contributed by atoms with Gasteiger partial charge in [0.25, 0.3) is 0 Å². The summed E-state index contributed by atoms with van der Waals surface area (Å²) < 4.78 is 12.9. The van der Waals surface area contributed by atoms with Crippen LogP contribution in [0.1, 0.15) is 347 Å². The van der Waals surface area contributed by atoms with Crippen LogP contribution >= 0.6 is 66.3 Å². The van der Waals surface area contributed by atoms with Crippen LogP contribution in [0.2, 0.25) is 0 Å². The van der Waals surface area contributed by atoms with Gasteiger partial charge in [-0.25, -0.2) is 9.97 Å². The molecule has 0 aliphatic heterocycles. The normalized spacial score (nSPS) is 12.7.